The van der Waals surface area contributed by atoms with E-state index >= 15 is 0 Å². The van der Waals surface area contributed by atoms with E-state index in [1.54, 1.807) is 12.3 Å². The van der Waals surface area contributed by atoms with Crippen molar-refractivity contribution >= 4 is 11.5 Å². The first-order valence-electron chi connectivity index (χ1n) is 7.09. The summed E-state index contributed by atoms with van der Waals surface area (Å²) >= 11 is 0. The highest BCUT2D eigenvalue weighted by Crippen LogP contribution is 2.38. The Kier molecular flexibility index (Phi) is 3.56. The Morgan fingerprint density at radius 1 is 1.33 bits per heavy atom. The fourth-order valence-corrected chi connectivity index (χ4v) is 3.00. The van der Waals surface area contributed by atoms with Gasteiger partial charge in [0.05, 0.1) is 11.0 Å². The molecule has 5 heteroatoms. The Morgan fingerprint density at radius 2 is 2.19 bits per heavy atom. The molecule has 0 saturated carbocycles. The summed E-state index contributed by atoms with van der Waals surface area (Å²) in [6.07, 6.45) is 3.64. The zero-order valence-corrected chi connectivity index (χ0v) is 11.9. The Bertz CT molecular complexity index is 672. The van der Waals surface area contributed by atoms with Crippen molar-refractivity contribution in [1.29, 1.82) is 0 Å². The monoisotopic (exact) mass is 283 g/mol. The van der Waals surface area contributed by atoms with Gasteiger partial charge in [0.25, 0.3) is 0 Å². The van der Waals surface area contributed by atoms with Crippen LogP contribution in [0.2, 0.25) is 0 Å². The van der Waals surface area contributed by atoms with Crippen LogP contribution in [0.15, 0.2) is 42.6 Å². The second-order valence-electron chi connectivity index (χ2n) is 5.37. The number of aromatic nitrogens is 1. The molecule has 1 saturated heterocycles. The van der Waals surface area contributed by atoms with Crippen LogP contribution in [0.4, 0.5) is 11.5 Å². The fraction of sp³-hybridized carbons (Fsp3) is 0.312. The standard InChI is InChI=1S/C16H17N3O2/c1-12-5-2-6-13(11-12)14-8-4-10-18(14)16-15(19(20)21)7-3-9-17-16/h2-3,5-7,9,11,14H,4,8,10H2,1H3. The predicted molar refractivity (Wildman–Crippen MR) is 81.4 cm³/mol. The van der Waals surface area contributed by atoms with Crippen LogP contribution in [0.1, 0.15) is 30.0 Å². The van der Waals surface area contributed by atoms with Crippen molar-refractivity contribution in [1.82, 2.24) is 4.98 Å². The number of rotatable bonds is 3. The molecule has 0 N–H and O–H groups in total. The van der Waals surface area contributed by atoms with Crippen molar-refractivity contribution in [2.24, 2.45) is 0 Å². The number of hydrogen-bond acceptors (Lipinski definition) is 4. The zero-order chi connectivity index (χ0) is 14.8. The number of hydrogen-bond donors (Lipinski definition) is 0. The van der Waals surface area contributed by atoms with Gasteiger partial charge in [-0.25, -0.2) is 4.98 Å². The highest BCUT2D eigenvalue weighted by atomic mass is 16.6. The van der Waals surface area contributed by atoms with Gasteiger partial charge in [-0.3, -0.25) is 10.1 Å². The molecule has 1 aliphatic heterocycles. The zero-order valence-electron chi connectivity index (χ0n) is 11.9. The molecule has 21 heavy (non-hydrogen) atoms. The van der Waals surface area contributed by atoms with Crippen LogP contribution < -0.4 is 4.90 Å². The van der Waals surface area contributed by atoms with Crippen LogP contribution in [-0.4, -0.2) is 16.5 Å². The van der Waals surface area contributed by atoms with Crippen molar-refractivity contribution in [3.05, 3.63) is 63.8 Å². The van der Waals surface area contributed by atoms with Gasteiger partial charge in [0.15, 0.2) is 0 Å². The minimum absolute atomic E-state index is 0.0806. The van der Waals surface area contributed by atoms with E-state index in [4.69, 9.17) is 0 Å². The molecule has 1 unspecified atom stereocenters. The molecular formula is C16H17N3O2. The first kappa shape index (κ1) is 13.5. The molecule has 2 heterocycles. The first-order valence-corrected chi connectivity index (χ1v) is 7.09. The van der Waals surface area contributed by atoms with Crippen molar-refractivity contribution in [3.63, 3.8) is 0 Å². The third-order valence-electron chi connectivity index (χ3n) is 3.91. The van der Waals surface area contributed by atoms with Crippen molar-refractivity contribution < 1.29 is 4.92 Å². The van der Waals surface area contributed by atoms with E-state index in [-0.39, 0.29) is 16.7 Å². The van der Waals surface area contributed by atoms with E-state index in [1.165, 1.54) is 17.2 Å². The van der Waals surface area contributed by atoms with Gasteiger partial charge in [-0.05, 0) is 31.4 Å². The van der Waals surface area contributed by atoms with E-state index in [0.29, 0.717) is 5.82 Å². The lowest BCUT2D eigenvalue weighted by atomic mass is 10.0. The molecule has 3 rings (SSSR count). The van der Waals surface area contributed by atoms with Crippen LogP contribution in [0.3, 0.4) is 0 Å². The number of pyridine rings is 1. The van der Waals surface area contributed by atoms with Crippen molar-refractivity contribution in [3.8, 4) is 0 Å². The third-order valence-corrected chi connectivity index (χ3v) is 3.91. The van der Waals surface area contributed by atoms with Gasteiger partial charge in [0.2, 0.25) is 5.82 Å². The third kappa shape index (κ3) is 2.59. The van der Waals surface area contributed by atoms with E-state index in [9.17, 15) is 10.1 Å². The van der Waals surface area contributed by atoms with Gasteiger partial charge in [0.1, 0.15) is 0 Å². The van der Waals surface area contributed by atoms with Crippen LogP contribution >= 0.6 is 0 Å². The molecule has 1 aromatic heterocycles. The van der Waals surface area contributed by atoms with Gasteiger partial charge in [-0.2, -0.15) is 0 Å². The van der Waals surface area contributed by atoms with Gasteiger partial charge in [-0.15, -0.1) is 0 Å². The molecule has 1 atom stereocenters. The number of anilines is 1. The van der Waals surface area contributed by atoms with Gasteiger partial charge in [0, 0.05) is 18.8 Å². The maximum atomic E-state index is 11.2. The lowest BCUT2D eigenvalue weighted by Crippen LogP contribution is -2.24. The molecule has 0 aliphatic carbocycles. The summed E-state index contributed by atoms with van der Waals surface area (Å²) in [4.78, 5) is 17.2. The second-order valence-corrected chi connectivity index (χ2v) is 5.37. The summed E-state index contributed by atoms with van der Waals surface area (Å²) in [5, 5.41) is 11.2. The summed E-state index contributed by atoms with van der Waals surface area (Å²) in [6, 6.07) is 11.6. The molecule has 5 nitrogen and oxygen atoms in total. The summed E-state index contributed by atoms with van der Waals surface area (Å²) in [7, 11) is 0. The van der Waals surface area contributed by atoms with Gasteiger partial charge in [-0.1, -0.05) is 29.8 Å². The minimum atomic E-state index is -0.353. The number of aryl methyl sites for hydroxylation is 1. The maximum absolute atomic E-state index is 11.2. The van der Waals surface area contributed by atoms with Crippen LogP contribution in [0.5, 0.6) is 0 Å². The van der Waals surface area contributed by atoms with Gasteiger partial charge >= 0.3 is 5.69 Å². The van der Waals surface area contributed by atoms with Gasteiger partial charge < -0.3 is 4.90 Å². The number of nitrogens with zero attached hydrogens (tertiary/aromatic N) is 3. The highest BCUT2D eigenvalue weighted by molar-refractivity contribution is 5.59. The smallest absolute Gasteiger partial charge is 0.311 e. The van der Waals surface area contributed by atoms with E-state index < -0.39 is 0 Å². The van der Waals surface area contributed by atoms with Crippen molar-refractivity contribution in [2.75, 3.05) is 11.4 Å². The molecule has 2 aromatic rings. The van der Waals surface area contributed by atoms with E-state index in [0.717, 1.165) is 19.4 Å². The lowest BCUT2D eigenvalue weighted by Gasteiger charge is -2.25. The summed E-state index contributed by atoms with van der Waals surface area (Å²) in [5.74, 6) is 0.478. The first-order chi connectivity index (χ1) is 10.2. The Hall–Kier alpha value is -2.43. The largest absolute Gasteiger partial charge is 0.344 e. The highest BCUT2D eigenvalue weighted by Gasteiger charge is 2.31. The van der Waals surface area contributed by atoms with Crippen LogP contribution in [-0.2, 0) is 0 Å². The Morgan fingerprint density at radius 3 is 2.95 bits per heavy atom. The van der Waals surface area contributed by atoms with Crippen LogP contribution in [0.25, 0.3) is 0 Å². The SMILES string of the molecule is Cc1cccc(C2CCCN2c2ncccc2[N+](=O)[O-])c1. The normalized spacial score (nSPS) is 18.0. The molecular weight excluding hydrogens is 266 g/mol. The average Bonchev–Trinajstić information content (AvgIpc) is 2.96. The molecule has 0 amide bonds. The second kappa shape index (κ2) is 5.52. The Labute approximate surface area is 123 Å². The molecule has 0 bridgehead atoms. The quantitative estimate of drug-likeness (QED) is 0.637. The van der Waals surface area contributed by atoms with E-state index in [1.807, 2.05) is 6.07 Å². The fourth-order valence-electron chi connectivity index (χ4n) is 3.00. The molecule has 0 radical (unpaired) electrons. The number of nitro groups is 1. The average molecular weight is 283 g/mol. The predicted octanol–water partition coefficient (Wildman–Crippen LogP) is 3.64. The topological polar surface area (TPSA) is 59.3 Å². The molecule has 1 fully saturated rings. The minimum Gasteiger partial charge on any atom is -0.344 e. The molecule has 0 spiro atoms. The summed E-state index contributed by atoms with van der Waals surface area (Å²) in [5.41, 5.74) is 2.49. The van der Waals surface area contributed by atoms with Crippen LogP contribution in [0, 0.1) is 17.0 Å². The number of benzene rings is 1. The van der Waals surface area contributed by atoms with E-state index in [2.05, 4.69) is 35.0 Å². The summed E-state index contributed by atoms with van der Waals surface area (Å²) < 4.78 is 0. The molecule has 108 valence electrons. The van der Waals surface area contributed by atoms with Crippen molar-refractivity contribution in [2.45, 2.75) is 25.8 Å². The molecule has 1 aliphatic rings. The lowest BCUT2D eigenvalue weighted by molar-refractivity contribution is -0.384. The maximum Gasteiger partial charge on any atom is 0.311 e. The Balaban J connectivity index is 2.00. The molecule has 1 aromatic carbocycles. The summed E-state index contributed by atoms with van der Waals surface area (Å²) in [6.45, 7) is 2.86.